The van der Waals surface area contributed by atoms with E-state index >= 15 is 0 Å². The van der Waals surface area contributed by atoms with E-state index in [1.807, 2.05) is 25.1 Å². The summed E-state index contributed by atoms with van der Waals surface area (Å²) in [6.07, 6.45) is 2.57. The number of alkyl halides is 1. The lowest BCUT2D eigenvalue weighted by Gasteiger charge is -2.34. The van der Waals surface area contributed by atoms with Crippen molar-refractivity contribution in [3.05, 3.63) is 36.3 Å². The molecule has 28 heavy (non-hydrogen) atoms. The van der Waals surface area contributed by atoms with E-state index in [1.165, 1.54) is 12.3 Å². The summed E-state index contributed by atoms with van der Waals surface area (Å²) in [4.78, 5) is 20.4. The van der Waals surface area contributed by atoms with Crippen LogP contribution in [0, 0.1) is 5.82 Å². The summed E-state index contributed by atoms with van der Waals surface area (Å²) in [6, 6.07) is 7.49. The Labute approximate surface area is 163 Å². The number of fused-ring (bicyclic) bond motifs is 1. The predicted molar refractivity (Wildman–Crippen MR) is 105 cm³/mol. The van der Waals surface area contributed by atoms with Gasteiger partial charge >= 0.3 is 0 Å². The standard InChI is InChI=1S/C21H26F2N4O/c1-14-9-16(23)12-27(14)21(28)13-26-7-5-17(6-8-26)25-20-4-2-3-19-18(20)10-15(22)11-24-19/h2-4,10-11,14,16-17,25H,5-9,12-13H2,1H3/t14-,16+/m1/s1. The van der Waals surface area contributed by atoms with Gasteiger partial charge in [0, 0.05) is 42.7 Å². The van der Waals surface area contributed by atoms with Crippen molar-refractivity contribution in [1.29, 1.82) is 0 Å². The third-order valence-electron chi connectivity index (χ3n) is 5.84. The van der Waals surface area contributed by atoms with Gasteiger partial charge < -0.3 is 10.2 Å². The molecule has 2 aromatic rings. The fourth-order valence-corrected chi connectivity index (χ4v) is 4.30. The van der Waals surface area contributed by atoms with Crippen LogP contribution < -0.4 is 5.32 Å². The highest BCUT2D eigenvalue weighted by Crippen LogP contribution is 2.26. The molecule has 0 spiro atoms. The Morgan fingerprint density at radius 2 is 2.11 bits per heavy atom. The van der Waals surface area contributed by atoms with E-state index in [9.17, 15) is 13.6 Å². The Balaban J connectivity index is 1.32. The van der Waals surface area contributed by atoms with Gasteiger partial charge in [0.05, 0.1) is 24.8 Å². The number of halogens is 2. The van der Waals surface area contributed by atoms with E-state index in [4.69, 9.17) is 0 Å². The first-order valence-corrected chi connectivity index (χ1v) is 9.96. The maximum absolute atomic E-state index is 13.6. The number of likely N-dealkylation sites (tertiary alicyclic amines) is 2. The minimum atomic E-state index is -0.895. The van der Waals surface area contributed by atoms with Crippen LogP contribution in [0.25, 0.3) is 10.9 Å². The molecule has 0 radical (unpaired) electrons. The number of piperidine rings is 1. The van der Waals surface area contributed by atoms with E-state index < -0.39 is 6.17 Å². The van der Waals surface area contributed by atoms with Gasteiger partial charge in [0.15, 0.2) is 0 Å². The van der Waals surface area contributed by atoms with Gasteiger partial charge in [-0.15, -0.1) is 0 Å². The number of rotatable bonds is 4. The highest BCUT2D eigenvalue weighted by atomic mass is 19.1. The van der Waals surface area contributed by atoms with E-state index in [1.54, 1.807) is 4.90 Å². The molecule has 2 atom stereocenters. The van der Waals surface area contributed by atoms with Gasteiger partial charge in [-0.05, 0) is 38.0 Å². The number of carbonyl (C=O) groups excluding carboxylic acids is 1. The second-order valence-electron chi connectivity index (χ2n) is 7.95. The van der Waals surface area contributed by atoms with Crippen molar-refractivity contribution in [2.24, 2.45) is 0 Å². The number of hydrogen-bond donors (Lipinski definition) is 1. The molecule has 0 saturated carbocycles. The highest BCUT2D eigenvalue weighted by Gasteiger charge is 2.33. The van der Waals surface area contributed by atoms with Crippen LogP contribution in [0.3, 0.4) is 0 Å². The normalized spacial score (nSPS) is 24.0. The van der Waals surface area contributed by atoms with Gasteiger partial charge in [-0.1, -0.05) is 6.07 Å². The fourth-order valence-electron chi connectivity index (χ4n) is 4.30. The maximum Gasteiger partial charge on any atom is 0.237 e. The van der Waals surface area contributed by atoms with Gasteiger partial charge in [-0.3, -0.25) is 14.7 Å². The Morgan fingerprint density at radius 1 is 1.32 bits per heavy atom. The molecule has 1 aromatic heterocycles. The summed E-state index contributed by atoms with van der Waals surface area (Å²) in [5.41, 5.74) is 1.65. The van der Waals surface area contributed by atoms with Gasteiger partial charge in [0.2, 0.25) is 5.91 Å². The molecule has 0 bridgehead atoms. The molecule has 2 aliphatic heterocycles. The molecular formula is C21H26F2N4O. The maximum atomic E-state index is 13.6. The van der Waals surface area contributed by atoms with Gasteiger partial charge in [0.25, 0.3) is 0 Å². The molecule has 3 heterocycles. The van der Waals surface area contributed by atoms with Crippen LogP contribution in [0.2, 0.25) is 0 Å². The summed E-state index contributed by atoms with van der Waals surface area (Å²) in [5, 5.41) is 4.30. The Kier molecular flexibility index (Phi) is 5.44. The molecule has 1 amide bonds. The first-order valence-electron chi connectivity index (χ1n) is 9.96. The SMILES string of the molecule is C[C@@H]1C[C@H](F)CN1C(=O)CN1CCC(Nc2cccc3ncc(F)cc23)CC1. The number of amides is 1. The quantitative estimate of drug-likeness (QED) is 0.874. The van der Waals surface area contributed by atoms with Crippen LogP contribution in [0.4, 0.5) is 14.5 Å². The zero-order valence-corrected chi connectivity index (χ0v) is 16.1. The largest absolute Gasteiger partial charge is 0.382 e. The number of nitrogens with zero attached hydrogens (tertiary/aromatic N) is 3. The lowest BCUT2D eigenvalue weighted by molar-refractivity contribution is -0.133. The molecule has 2 aliphatic rings. The minimum Gasteiger partial charge on any atom is -0.382 e. The summed E-state index contributed by atoms with van der Waals surface area (Å²) in [6.45, 7) is 4.11. The van der Waals surface area contributed by atoms with Crippen molar-refractivity contribution in [3.8, 4) is 0 Å². The topological polar surface area (TPSA) is 48.5 Å². The third-order valence-corrected chi connectivity index (χ3v) is 5.84. The van der Waals surface area contributed by atoms with Crippen LogP contribution in [-0.2, 0) is 4.79 Å². The Bertz CT molecular complexity index is 853. The van der Waals surface area contributed by atoms with Crippen molar-refractivity contribution < 1.29 is 13.6 Å². The molecule has 150 valence electrons. The van der Waals surface area contributed by atoms with Gasteiger partial charge in [0.1, 0.15) is 12.0 Å². The van der Waals surface area contributed by atoms with E-state index in [2.05, 4.69) is 15.2 Å². The number of benzene rings is 1. The molecule has 7 heteroatoms. The second-order valence-corrected chi connectivity index (χ2v) is 7.95. The van der Waals surface area contributed by atoms with Crippen molar-refractivity contribution in [2.75, 3.05) is 31.5 Å². The number of hydrogen-bond acceptors (Lipinski definition) is 4. The zero-order valence-electron chi connectivity index (χ0n) is 16.1. The summed E-state index contributed by atoms with van der Waals surface area (Å²) in [7, 11) is 0. The molecule has 4 rings (SSSR count). The fraction of sp³-hybridized carbons (Fsp3) is 0.524. The number of nitrogens with one attached hydrogen (secondary N) is 1. The summed E-state index contributed by atoms with van der Waals surface area (Å²) < 4.78 is 27.1. The molecule has 2 saturated heterocycles. The smallest absolute Gasteiger partial charge is 0.237 e. The van der Waals surface area contributed by atoms with Crippen LogP contribution in [0.15, 0.2) is 30.5 Å². The average Bonchev–Trinajstić information content (AvgIpc) is 3.02. The monoisotopic (exact) mass is 388 g/mol. The average molecular weight is 388 g/mol. The Hall–Kier alpha value is -2.28. The van der Waals surface area contributed by atoms with Crippen LogP contribution in [0.5, 0.6) is 0 Å². The molecule has 1 N–H and O–H groups in total. The lowest BCUT2D eigenvalue weighted by atomic mass is 10.0. The lowest BCUT2D eigenvalue weighted by Crippen LogP contribution is -2.46. The minimum absolute atomic E-state index is 0.0120. The molecule has 0 aliphatic carbocycles. The summed E-state index contributed by atoms with van der Waals surface area (Å²) in [5.74, 6) is -0.323. The number of anilines is 1. The first kappa shape index (κ1) is 19.1. The Morgan fingerprint density at radius 3 is 2.82 bits per heavy atom. The van der Waals surface area contributed by atoms with Gasteiger partial charge in [-0.25, -0.2) is 8.78 Å². The number of carbonyl (C=O) groups is 1. The first-order chi connectivity index (χ1) is 13.5. The molecular weight excluding hydrogens is 362 g/mol. The van der Waals surface area contributed by atoms with Crippen molar-refractivity contribution in [1.82, 2.24) is 14.8 Å². The molecule has 2 fully saturated rings. The van der Waals surface area contributed by atoms with E-state index in [-0.39, 0.29) is 30.4 Å². The van der Waals surface area contributed by atoms with Gasteiger partial charge in [-0.2, -0.15) is 0 Å². The van der Waals surface area contributed by atoms with E-state index in [0.717, 1.165) is 42.5 Å². The van der Waals surface area contributed by atoms with Crippen molar-refractivity contribution >= 4 is 22.5 Å². The van der Waals surface area contributed by atoms with Crippen LogP contribution in [0.1, 0.15) is 26.2 Å². The molecule has 5 nitrogen and oxygen atoms in total. The summed E-state index contributed by atoms with van der Waals surface area (Å²) >= 11 is 0. The van der Waals surface area contributed by atoms with Crippen LogP contribution in [-0.4, -0.2) is 65.1 Å². The second kappa shape index (κ2) is 7.99. The number of pyridine rings is 1. The molecule has 1 aromatic carbocycles. The van der Waals surface area contributed by atoms with Crippen molar-refractivity contribution in [3.63, 3.8) is 0 Å². The van der Waals surface area contributed by atoms with E-state index in [0.29, 0.717) is 13.0 Å². The predicted octanol–water partition coefficient (Wildman–Crippen LogP) is 3.21. The highest BCUT2D eigenvalue weighted by molar-refractivity contribution is 5.91. The van der Waals surface area contributed by atoms with Crippen molar-refractivity contribution in [2.45, 2.75) is 44.4 Å². The molecule has 0 unspecified atom stereocenters. The zero-order chi connectivity index (χ0) is 19.7. The van der Waals surface area contributed by atoms with Crippen LogP contribution >= 0.6 is 0 Å². The third kappa shape index (κ3) is 4.09. The number of aromatic nitrogens is 1.